The maximum atomic E-state index is 13.7. The Morgan fingerprint density at radius 1 is 1.36 bits per heavy atom. The Bertz CT molecular complexity index is 748. The van der Waals surface area contributed by atoms with Crippen LogP contribution in [0.4, 0.5) is 4.39 Å². The Balaban J connectivity index is 2.01. The minimum atomic E-state index is -0.502. The van der Waals surface area contributed by atoms with E-state index >= 15 is 0 Å². The molecule has 0 saturated heterocycles. The highest BCUT2D eigenvalue weighted by Gasteiger charge is 2.12. The third kappa shape index (κ3) is 3.24. The molecule has 2 heterocycles. The largest absolute Gasteiger partial charge is 0.271 e. The van der Waals surface area contributed by atoms with Gasteiger partial charge in [0.2, 0.25) is 5.95 Å². The number of carbonyl (C=O) groups is 1. The molecule has 2 aromatic rings. The van der Waals surface area contributed by atoms with Crippen molar-refractivity contribution < 1.29 is 9.18 Å². The van der Waals surface area contributed by atoms with Gasteiger partial charge in [-0.15, -0.1) is 0 Å². The SMILES string of the molecule is Cc1nn(CC(=O)N/N=C\c2c(C)nn(C)c2F)c(C)c1Br. The second kappa shape index (κ2) is 6.39. The standard InChI is InChI=1S/C13H16BrFN6O/c1-7-10(13(15)20(4)18-7)5-16-17-11(22)6-21-9(3)12(14)8(2)19-21/h5H,6H2,1-4H3,(H,17,22)/b16-5-. The van der Waals surface area contributed by atoms with Gasteiger partial charge in [-0.3, -0.25) is 9.48 Å². The molecule has 118 valence electrons. The van der Waals surface area contributed by atoms with Crippen LogP contribution in [0.2, 0.25) is 0 Å². The van der Waals surface area contributed by atoms with Crippen molar-refractivity contribution in [3.8, 4) is 0 Å². The molecule has 2 aromatic heterocycles. The lowest BCUT2D eigenvalue weighted by atomic mass is 10.3. The Morgan fingerprint density at radius 2 is 2.05 bits per heavy atom. The van der Waals surface area contributed by atoms with Gasteiger partial charge in [-0.2, -0.15) is 19.7 Å². The Hall–Kier alpha value is -2.03. The molecule has 0 atom stereocenters. The summed E-state index contributed by atoms with van der Waals surface area (Å²) in [6.45, 7) is 5.40. The zero-order valence-corrected chi connectivity index (χ0v) is 14.3. The zero-order valence-electron chi connectivity index (χ0n) is 12.7. The summed E-state index contributed by atoms with van der Waals surface area (Å²) in [7, 11) is 1.50. The lowest BCUT2D eigenvalue weighted by Gasteiger charge is -2.02. The fraction of sp³-hybridized carbons (Fsp3) is 0.385. The van der Waals surface area contributed by atoms with Crippen molar-refractivity contribution in [2.75, 3.05) is 0 Å². The topological polar surface area (TPSA) is 77.1 Å². The number of hydrazone groups is 1. The van der Waals surface area contributed by atoms with Gasteiger partial charge in [0.05, 0.1) is 33.3 Å². The third-order valence-electron chi connectivity index (χ3n) is 3.17. The van der Waals surface area contributed by atoms with Crippen LogP contribution in [-0.2, 0) is 18.4 Å². The molecule has 7 nitrogen and oxygen atoms in total. The van der Waals surface area contributed by atoms with Crippen molar-refractivity contribution in [3.63, 3.8) is 0 Å². The van der Waals surface area contributed by atoms with E-state index in [4.69, 9.17) is 0 Å². The Kier molecular flexibility index (Phi) is 4.74. The van der Waals surface area contributed by atoms with Crippen LogP contribution in [0.5, 0.6) is 0 Å². The van der Waals surface area contributed by atoms with Crippen LogP contribution in [0.1, 0.15) is 22.6 Å². The molecule has 0 saturated carbocycles. The summed E-state index contributed by atoms with van der Waals surface area (Å²) >= 11 is 3.40. The van der Waals surface area contributed by atoms with Gasteiger partial charge in [-0.05, 0) is 36.7 Å². The van der Waals surface area contributed by atoms with Gasteiger partial charge in [0.15, 0.2) is 0 Å². The van der Waals surface area contributed by atoms with Crippen LogP contribution < -0.4 is 5.43 Å². The molecule has 0 aliphatic heterocycles. The molecule has 0 unspecified atom stereocenters. The zero-order chi connectivity index (χ0) is 16.4. The number of rotatable bonds is 4. The summed E-state index contributed by atoms with van der Waals surface area (Å²) in [5, 5.41) is 11.9. The van der Waals surface area contributed by atoms with Crippen molar-refractivity contribution in [3.05, 3.63) is 33.1 Å². The normalized spacial score (nSPS) is 11.4. The summed E-state index contributed by atoms with van der Waals surface area (Å²) in [4.78, 5) is 11.8. The molecule has 0 bridgehead atoms. The molecule has 0 spiro atoms. The Labute approximate surface area is 135 Å². The summed E-state index contributed by atoms with van der Waals surface area (Å²) in [6.07, 6.45) is 1.24. The quantitative estimate of drug-likeness (QED) is 0.655. The number of hydrogen-bond donors (Lipinski definition) is 1. The van der Waals surface area contributed by atoms with Crippen molar-refractivity contribution in [2.45, 2.75) is 27.3 Å². The highest BCUT2D eigenvalue weighted by atomic mass is 79.9. The number of hydrogen-bond acceptors (Lipinski definition) is 4. The van der Waals surface area contributed by atoms with Crippen LogP contribution in [-0.4, -0.2) is 31.7 Å². The first-order valence-corrected chi connectivity index (χ1v) is 7.31. The maximum Gasteiger partial charge on any atom is 0.261 e. The van der Waals surface area contributed by atoms with Crippen LogP contribution in [0, 0.1) is 26.7 Å². The molecule has 0 aliphatic carbocycles. The van der Waals surface area contributed by atoms with Gasteiger partial charge in [-0.1, -0.05) is 0 Å². The highest BCUT2D eigenvalue weighted by molar-refractivity contribution is 9.10. The molecule has 1 N–H and O–H groups in total. The summed E-state index contributed by atoms with van der Waals surface area (Å²) in [5.74, 6) is -0.853. The first-order chi connectivity index (χ1) is 10.3. The molecule has 0 aliphatic rings. The van der Waals surface area contributed by atoms with E-state index in [9.17, 15) is 9.18 Å². The smallest absolute Gasteiger partial charge is 0.261 e. The van der Waals surface area contributed by atoms with Crippen LogP contribution >= 0.6 is 15.9 Å². The lowest BCUT2D eigenvalue weighted by molar-refractivity contribution is -0.121. The molecular weight excluding hydrogens is 355 g/mol. The number of amides is 1. The van der Waals surface area contributed by atoms with Crippen molar-refractivity contribution in [1.29, 1.82) is 0 Å². The number of aromatic nitrogens is 4. The minimum absolute atomic E-state index is 0.0319. The monoisotopic (exact) mass is 370 g/mol. The van der Waals surface area contributed by atoms with Gasteiger partial charge in [0.25, 0.3) is 5.91 Å². The number of carbonyl (C=O) groups excluding carboxylic acids is 1. The Morgan fingerprint density at radius 3 is 2.55 bits per heavy atom. The van der Waals surface area contributed by atoms with E-state index in [2.05, 4.69) is 36.7 Å². The molecule has 0 fully saturated rings. The van der Waals surface area contributed by atoms with Gasteiger partial charge < -0.3 is 0 Å². The van der Waals surface area contributed by atoms with Crippen molar-refractivity contribution in [2.24, 2.45) is 12.1 Å². The van der Waals surface area contributed by atoms with Crippen LogP contribution in [0.3, 0.4) is 0 Å². The molecule has 0 aromatic carbocycles. The second-order valence-electron chi connectivity index (χ2n) is 4.85. The number of halogens is 2. The molecule has 1 amide bonds. The van der Waals surface area contributed by atoms with Crippen molar-refractivity contribution in [1.82, 2.24) is 25.0 Å². The predicted octanol–water partition coefficient (Wildman–Crippen LogP) is 1.59. The maximum absolute atomic E-state index is 13.7. The first kappa shape index (κ1) is 16.3. The fourth-order valence-corrected chi connectivity index (χ4v) is 2.25. The first-order valence-electron chi connectivity index (χ1n) is 6.51. The van der Waals surface area contributed by atoms with E-state index in [0.717, 1.165) is 20.5 Å². The predicted molar refractivity (Wildman–Crippen MR) is 83.0 cm³/mol. The third-order valence-corrected chi connectivity index (χ3v) is 4.31. The summed E-state index contributed by atoms with van der Waals surface area (Å²) < 4.78 is 17.2. The van der Waals surface area contributed by atoms with E-state index in [1.165, 1.54) is 13.3 Å². The van der Waals surface area contributed by atoms with Gasteiger partial charge >= 0.3 is 0 Å². The summed E-state index contributed by atoms with van der Waals surface area (Å²) in [5.41, 5.74) is 4.76. The fourth-order valence-electron chi connectivity index (χ4n) is 1.96. The van der Waals surface area contributed by atoms with E-state index in [1.807, 2.05) is 13.8 Å². The van der Waals surface area contributed by atoms with Gasteiger partial charge in [-0.25, -0.2) is 10.1 Å². The highest BCUT2D eigenvalue weighted by Crippen LogP contribution is 2.19. The van der Waals surface area contributed by atoms with Gasteiger partial charge in [0, 0.05) is 7.05 Å². The van der Waals surface area contributed by atoms with Crippen molar-refractivity contribution >= 4 is 28.1 Å². The molecule has 2 rings (SSSR count). The lowest BCUT2D eigenvalue weighted by Crippen LogP contribution is -2.24. The molecular formula is C13H16BrFN6O. The molecule has 0 radical (unpaired) electrons. The number of aryl methyl sites for hydroxylation is 3. The molecule has 9 heteroatoms. The summed E-state index contributed by atoms with van der Waals surface area (Å²) in [6, 6.07) is 0. The van der Waals surface area contributed by atoms with E-state index in [0.29, 0.717) is 5.69 Å². The average molecular weight is 371 g/mol. The number of nitrogens with one attached hydrogen (secondary N) is 1. The second-order valence-corrected chi connectivity index (χ2v) is 5.64. The average Bonchev–Trinajstić information content (AvgIpc) is 2.83. The number of nitrogens with zero attached hydrogens (tertiary/aromatic N) is 5. The van der Waals surface area contributed by atoms with Crippen LogP contribution in [0.25, 0.3) is 0 Å². The molecule has 22 heavy (non-hydrogen) atoms. The minimum Gasteiger partial charge on any atom is -0.271 e. The van der Waals surface area contributed by atoms with Gasteiger partial charge in [0.1, 0.15) is 6.54 Å². The van der Waals surface area contributed by atoms with E-state index < -0.39 is 5.95 Å². The van der Waals surface area contributed by atoms with Crippen LogP contribution in [0.15, 0.2) is 9.57 Å². The van der Waals surface area contributed by atoms with E-state index in [-0.39, 0.29) is 18.0 Å². The van der Waals surface area contributed by atoms with E-state index in [1.54, 1.807) is 11.6 Å².